The largest absolute Gasteiger partial charge is 0.481 e. The summed E-state index contributed by atoms with van der Waals surface area (Å²) in [5.74, 6) is 0.511. The number of fused-ring (bicyclic) bond motifs is 1. The fraction of sp³-hybridized carbons (Fsp3) is 0.500. The minimum Gasteiger partial charge on any atom is -0.481 e. The molecular weight excluding hydrogens is 228 g/mol. The van der Waals surface area contributed by atoms with Gasteiger partial charge >= 0.3 is 0 Å². The minimum atomic E-state index is -3.31. The third-order valence-electron chi connectivity index (χ3n) is 2.48. The van der Waals surface area contributed by atoms with E-state index in [9.17, 15) is 8.42 Å². The molecule has 0 radical (unpaired) electrons. The number of methoxy groups -OCH3 is 1. The summed E-state index contributed by atoms with van der Waals surface area (Å²) in [7, 11) is -1.85. The molecule has 6 heteroatoms. The van der Waals surface area contributed by atoms with E-state index in [1.54, 1.807) is 12.1 Å². The number of nitrogens with one attached hydrogen (secondary N) is 1. The maximum atomic E-state index is 12.0. The molecule has 1 aliphatic rings. The van der Waals surface area contributed by atoms with Gasteiger partial charge in [0.1, 0.15) is 0 Å². The van der Waals surface area contributed by atoms with Gasteiger partial charge in [-0.15, -0.1) is 0 Å². The van der Waals surface area contributed by atoms with E-state index in [0.29, 0.717) is 18.1 Å². The molecule has 1 N–H and O–H groups in total. The summed E-state index contributed by atoms with van der Waals surface area (Å²) < 4.78 is 29.0. The second-order valence-electron chi connectivity index (χ2n) is 3.97. The molecule has 1 unspecified atom stereocenters. The van der Waals surface area contributed by atoms with Crippen LogP contribution in [0.4, 0.5) is 5.69 Å². The van der Waals surface area contributed by atoms with Gasteiger partial charge < -0.3 is 10.1 Å². The fourth-order valence-electron chi connectivity index (χ4n) is 1.71. The van der Waals surface area contributed by atoms with Crippen LogP contribution in [0.2, 0.25) is 0 Å². The molecule has 0 spiro atoms. The Labute approximate surface area is 94.8 Å². The van der Waals surface area contributed by atoms with Crippen molar-refractivity contribution in [2.75, 3.05) is 24.7 Å². The Morgan fingerprint density at radius 2 is 2.25 bits per heavy atom. The molecule has 0 fully saturated rings. The molecule has 1 aliphatic heterocycles. The zero-order valence-corrected chi connectivity index (χ0v) is 10.0. The second kappa shape index (κ2) is 3.93. The number of pyridine rings is 1. The predicted octanol–water partition coefficient (Wildman–Crippen LogP) is 0.925. The van der Waals surface area contributed by atoms with Crippen molar-refractivity contribution in [1.29, 1.82) is 0 Å². The number of sulfone groups is 1. The molecule has 0 saturated heterocycles. The van der Waals surface area contributed by atoms with Gasteiger partial charge in [-0.1, -0.05) is 6.92 Å². The lowest BCUT2D eigenvalue weighted by Crippen LogP contribution is -2.16. The maximum absolute atomic E-state index is 12.0. The molecule has 0 amide bonds. The van der Waals surface area contributed by atoms with E-state index in [0.717, 1.165) is 0 Å². The van der Waals surface area contributed by atoms with Crippen molar-refractivity contribution < 1.29 is 13.2 Å². The third-order valence-corrected chi connectivity index (χ3v) is 4.39. The van der Waals surface area contributed by atoms with Gasteiger partial charge in [-0.05, 0) is 12.0 Å². The van der Waals surface area contributed by atoms with Crippen LogP contribution in [0.5, 0.6) is 5.88 Å². The summed E-state index contributed by atoms with van der Waals surface area (Å²) in [6.45, 7) is 2.54. The molecule has 0 aliphatic carbocycles. The van der Waals surface area contributed by atoms with Gasteiger partial charge in [0, 0.05) is 12.6 Å². The summed E-state index contributed by atoms with van der Waals surface area (Å²) in [6.07, 6.45) is 0. The molecule has 5 nitrogen and oxygen atoms in total. The summed E-state index contributed by atoms with van der Waals surface area (Å²) in [5.41, 5.74) is 0.560. The van der Waals surface area contributed by atoms with Crippen molar-refractivity contribution in [3.8, 4) is 5.88 Å². The standard InChI is InChI=1S/C10H14N2O3S/c1-7-5-11-8-3-4-9(15-2)12-10(8)16(13,14)6-7/h3-4,7,11H,5-6H2,1-2H3. The van der Waals surface area contributed by atoms with Crippen LogP contribution < -0.4 is 10.1 Å². The van der Waals surface area contributed by atoms with Crippen molar-refractivity contribution in [3.05, 3.63) is 12.1 Å². The van der Waals surface area contributed by atoms with E-state index in [2.05, 4.69) is 10.3 Å². The van der Waals surface area contributed by atoms with Crippen LogP contribution in [0.25, 0.3) is 0 Å². The molecule has 2 heterocycles. The average Bonchev–Trinajstić information content (AvgIpc) is 2.35. The quantitative estimate of drug-likeness (QED) is 0.793. The molecule has 1 aromatic rings. The maximum Gasteiger partial charge on any atom is 0.214 e. The van der Waals surface area contributed by atoms with E-state index < -0.39 is 9.84 Å². The van der Waals surface area contributed by atoms with Crippen LogP contribution in [0.3, 0.4) is 0 Å². The zero-order valence-electron chi connectivity index (χ0n) is 9.23. The lowest BCUT2D eigenvalue weighted by molar-refractivity contribution is 0.394. The van der Waals surface area contributed by atoms with Crippen molar-refractivity contribution in [2.24, 2.45) is 5.92 Å². The van der Waals surface area contributed by atoms with E-state index in [4.69, 9.17) is 4.74 Å². The van der Waals surface area contributed by atoms with E-state index in [-0.39, 0.29) is 16.7 Å². The Bertz CT molecular complexity index is 499. The van der Waals surface area contributed by atoms with Gasteiger partial charge in [0.2, 0.25) is 5.88 Å². The molecule has 0 bridgehead atoms. The molecule has 88 valence electrons. The lowest BCUT2D eigenvalue weighted by Gasteiger charge is -2.07. The van der Waals surface area contributed by atoms with Gasteiger partial charge in [-0.25, -0.2) is 8.42 Å². The first kappa shape index (κ1) is 11.2. The first-order valence-electron chi connectivity index (χ1n) is 5.04. The van der Waals surface area contributed by atoms with Crippen molar-refractivity contribution >= 4 is 15.5 Å². The SMILES string of the molecule is COc1ccc2c(n1)S(=O)(=O)CC(C)CN2. The number of hydrogen-bond acceptors (Lipinski definition) is 5. The van der Waals surface area contributed by atoms with E-state index in [1.807, 2.05) is 6.92 Å². The highest BCUT2D eigenvalue weighted by molar-refractivity contribution is 7.91. The molecule has 0 aromatic carbocycles. The number of ether oxygens (including phenoxy) is 1. The molecular formula is C10H14N2O3S. The van der Waals surface area contributed by atoms with Crippen LogP contribution in [0.1, 0.15) is 6.92 Å². The first-order chi connectivity index (χ1) is 7.53. The molecule has 1 aromatic heterocycles. The van der Waals surface area contributed by atoms with Gasteiger partial charge in [-0.3, -0.25) is 0 Å². The van der Waals surface area contributed by atoms with Crippen molar-refractivity contribution in [3.63, 3.8) is 0 Å². The van der Waals surface area contributed by atoms with Crippen LogP contribution in [-0.4, -0.2) is 32.8 Å². The first-order valence-corrected chi connectivity index (χ1v) is 6.70. The second-order valence-corrected chi connectivity index (χ2v) is 5.92. The Kier molecular flexibility index (Phi) is 2.75. The Hall–Kier alpha value is -1.30. The Balaban J connectivity index is 2.56. The van der Waals surface area contributed by atoms with Crippen LogP contribution in [0, 0.1) is 5.92 Å². The van der Waals surface area contributed by atoms with Crippen molar-refractivity contribution in [2.45, 2.75) is 11.9 Å². The molecule has 16 heavy (non-hydrogen) atoms. The summed E-state index contributed by atoms with van der Waals surface area (Å²) in [4.78, 5) is 4.01. The van der Waals surface area contributed by atoms with Gasteiger partial charge in [0.25, 0.3) is 0 Å². The lowest BCUT2D eigenvalue weighted by atomic mass is 10.2. The number of rotatable bonds is 1. The molecule has 2 rings (SSSR count). The highest BCUT2D eigenvalue weighted by Crippen LogP contribution is 2.27. The number of anilines is 1. The minimum absolute atomic E-state index is 0.0743. The number of nitrogens with zero attached hydrogens (tertiary/aromatic N) is 1. The summed E-state index contributed by atoms with van der Waals surface area (Å²) in [5, 5.41) is 3.18. The van der Waals surface area contributed by atoms with Crippen LogP contribution >= 0.6 is 0 Å². The van der Waals surface area contributed by atoms with Crippen LogP contribution in [0.15, 0.2) is 17.2 Å². The monoisotopic (exact) mass is 242 g/mol. The topological polar surface area (TPSA) is 68.3 Å². The van der Waals surface area contributed by atoms with Gasteiger partial charge in [-0.2, -0.15) is 4.98 Å². The Morgan fingerprint density at radius 3 is 2.94 bits per heavy atom. The predicted molar refractivity (Wildman–Crippen MR) is 60.5 cm³/mol. The fourth-order valence-corrected chi connectivity index (χ4v) is 3.43. The highest BCUT2D eigenvalue weighted by Gasteiger charge is 2.27. The van der Waals surface area contributed by atoms with E-state index in [1.165, 1.54) is 7.11 Å². The number of aromatic nitrogens is 1. The zero-order chi connectivity index (χ0) is 11.8. The molecule has 0 saturated carbocycles. The van der Waals surface area contributed by atoms with Crippen LogP contribution in [-0.2, 0) is 9.84 Å². The smallest absolute Gasteiger partial charge is 0.214 e. The average molecular weight is 242 g/mol. The third kappa shape index (κ3) is 1.97. The van der Waals surface area contributed by atoms with Gasteiger partial charge in [0.15, 0.2) is 14.9 Å². The van der Waals surface area contributed by atoms with Gasteiger partial charge in [0.05, 0.1) is 18.6 Å². The number of hydrogen-bond donors (Lipinski definition) is 1. The normalized spacial score (nSPS) is 22.8. The van der Waals surface area contributed by atoms with E-state index >= 15 is 0 Å². The summed E-state index contributed by atoms with van der Waals surface area (Å²) >= 11 is 0. The highest BCUT2D eigenvalue weighted by atomic mass is 32.2. The summed E-state index contributed by atoms with van der Waals surface area (Å²) in [6, 6.07) is 3.34. The van der Waals surface area contributed by atoms with Crippen molar-refractivity contribution in [1.82, 2.24) is 4.98 Å². The Morgan fingerprint density at radius 1 is 1.50 bits per heavy atom. The molecule has 1 atom stereocenters.